The molecule has 1 N–H and O–H groups in total. The largest absolute Gasteiger partial charge is 0.497 e. The van der Waals surface area contributed by atoms with Crippen LogP contribution in [0.4, 0.5) is 5.69 Å². The fourth-order valence-electron chi connectivity index (χ4n) is 4.94. The zero-order chi connectivity index (χ0) is 24.3. The third-order valence-corrected chi connectivity index (χ3v) is 6.74. The highest BCUT2D eigenvalue weighted by Crippen LogP contribution is 2.44. The molecule has 1 atom stereocenters. The molecule has 0 spiro atoms. The summed E-state index contributed by atoms with van der Waals surface area (Å²) in [5.41, 5.74) is 1.48. The number of carbonyl (C=O) groups is 3. The van der Waals surface area contributed by atoms with Gasteiger partial charge in [-0.2, -0.15) is 0 Å². The first-order valence-corrected chi connectivity index (χ1v) is 11.6. The number of nitrogens with one attached hydrogen (secondary N) is 1. The Morgan fingerprint density at radius 1 is 1.12 bits per heavy atom. The van der Waals surface area contributed by atoms with Crippen molar-refractivity contribution in [1.82, 2.24) is 10.2 Å². The number of hydrogen-bond acceptors (Lipinski definition) is 5. The van der Waals surface area contributed by atoms with Gasteiger partial charge in [0.15, 0.2) is 0 Å². The second-order valence-electron chi connectivity index (χ2n) is 8.80. The number of fused-ring (bicyclic) bond motifs is 3. The molecule has 180 valence electrons. The van der Waals surface area contributed by atoms with Gasteiger partial charge in [0.25, 0.3) is 5.91 Å². The first-order valence-electron chi connectivity index (χ1n) is 11.6. The molecule has 0 bridgehead atoms. The quantitative estimate of drug-likeness (QED) is 0.615. The van der Waals surface area contributed by atoms with Gasteiger partial charge in [0.05, 0.1) is 25.5 Å². The van der Waals surface area contributed by atoms with Gasteiger partial charge in [-0.1, -0.05) is 12.1 Å². The molecule has 4 rings (SSSR count). The van der Waals surface area contributed by atoms with Gasteiger partial charge >= 0.3 is 0 Å². The number of methoxy groups -OCH3 is 2. The Bertz CT molecular complexity index is 1100. The normalized spacial score (nSPS) is 19.0. The molecule has 2 heterocycles. The van der Waals surface area contributed by atoms with Crippen molar-refractivity contribution in [2.75, 3.05) is 32.2 Å². The molecule has 0 saturated carbocycles. The van der Waals surface area contributed by atoms with E-state index in [1.165, 1.54) is 0 Å². The molecule has 0 radical (unpaired) electrons. The van der Waals surface area contributed by atoms with Crippen molar-refractivity contribution in [3.8, 4) is 11.5 Å². The van der Waals surface area contributed by atoms with Crippen molar-refractivity contribution in [1.29, 1.82) is 0 Å². The molecular formula is C26H31N3O5. The summed E-state index contributed by atoms with van der Waals surface area (Å²) >= 11 is 0. The monoisotopic (exact) mass is 465 g/mol. The summed E-state index contributed by atoms with van der Waals surface area (Å²) in [7, 11) is 3.23. The highest BCUT2D eigenvalue weighted by Gasteiger charge is 2.52. The number of amides is 3. The number of ether oxygens (including phenoxy) is 2. The maximum Gasteiger partial charge on any atom is 0.257 e. The molecule has 1 fully saturated rings. The third-order valence-electron chi connectivity index (χ3n) is 6.74. The second kappa shape index (κ2) is 9.75. The number of rotatable bonds is 9. The van der Waals surface area contributed by atoms with Crippen LogP contribution in [0.25, 0.3) is 0 Å². The van der Waals surface area contributed by atoms with E-state index in [9.17, 15) is 14.4 Å². The number of carbonyl (C=O) groups excluding carboxylic acids is 3. The molecule has 8 nitrogen and oxygen atoms in total. The summed E-state index contributed by atoms with van der Waals surface area (Å²) in [5, 5.41) is 2.94. The van der Waals surface area contributed by atoms with Gasteiger partial charge in [0.2, 0.25) is 11.8 Å². The van der Waals surface area contributed by atoms with Crippen molar-refractivity contribution >= 4 is 23.4 Å². The summed E-state index contributed by atoms with van der Waals surface area (Å²) in [4.78, 5) is 41.9. The number of benzene rings is 2. The third kappa shape index (κ3) is 4.32. The van der Waals surface area contributed by atoms with Crippen LogP contribution in [0, 0.1) is 0 Å². The SMILES string of the molecule is COc1ccc(OC)c(CCNC(=O)CCCN2C(=O)c3ccccc3N3C(=O)CCC23C)c1. The summed E-state index contributed by atoms with van der Waals surface area (Å²) in [5.74, 6) is 1.36. The molecule has 2 aliphatic heterocycles. The Morgan fingerprint density at radius 2 is 1.91 bits per heavy atom. The molecule has 1 saturated heterocycles. The summed E-state index contributed by atoms with van der Waals surface area (Å²) in [6.45, 7) is 2.82. The lowest BCUT2D eigenvalue weighted by molar-refractivity contribution is -0.121. The van der Waals surface area contributed by atoms with Crippen LogP contribution in [0.5, 0.6) is 11.5 Å². The molecule has 8 heteroatoms. The molecule has 2 aromatic carbocycles. The van der Waals surface area contributed by atoms with Gasteiger partial charge < -0.3 is 19.7 Å². The first kappa shape index (κ1) is 23.6. The van der Waals surface area contributed by atoms with Crippen molar-refractivity contribution in [2.45, 2.75) is 44.7 Å². The molecule has 2 aromatic rings. The number of para-hydroxylation sites is 1. The highest BCUT2D eigenvalue weighted by atomic mass is 16.5. The Hall–Kier alpha value is -3.55. The topological polar surface area (TPSA) is 88.2 Å². The Kier molecular flexibility index (Phi) is 6.77. The van der Waals surface area contributed by atoms with E-state index < -0.39 is 5.66 Å². The van der Waals surface area contributed by atoms with Crippen molar-refractivity contribution in [3.05, 3.63) is 53.6 Å². The van der Waals surface area contributed by atoms with Crippen LogP contribution in [-0.4, -0.2) is 55.6 Å². The van der Waals surface area contributed by atoms with Crippen LogP contribution >= 0.6 is 0 Å². The van der Waals surface area contributed by atoms with Crippen molar-refractivity contribution in [3.63, 3.8) is 0 Å². The lowest BCUT2D eigenvalue weighted by atomic mass is 9.98. The number of nitrogens with zero attached hydrogens (tertiary/aromatic N) is 2. The average Bonchev–Trinajstić information content (AvgIpc) is 3.16. The molecule has 3 amide bonds. The van der Waals surface area contributed by atoms with E-state index >= 15 is 0 Å². The summed E-state index contributed by atoms with van der Waals surface area (Å²) < 4.78 is 10.7. The van der Waals surface area contributed by atoms with E-state index in [0.29, 0.717) is 56.4 Å². The van der Waals surface area contributed by atoms with Gasteiger partial charge in [-0.3, -0.25) is 19.3 Å². The van der Waals surface area contributed by atoms with E-state index in [4.69, 9.17) is 9.47 Å². The van der Waals surface area contributed by atoms with E-state index in [1.807, 2.05) is 43.3 Å². The first-order chi connectivity index (χ1) is 16.4. The predicted molar refractivity (Wildman–Crippen MR) is 128 cm³/mol. The van der Waals surface area contributed by atoms with Gasteiger partial charge in [-0.15, -0.1) is 0 Å². The van der Waals surface area contributed by atoms with Crippen LogP contribution in [-0.2, 0) is 16.0 Å². The summed E-state index contributed by atoms with van der Waals surface area (Å²) in [6.07, 6.45) is 2.41. The smallest absolute Gasteiger partial charge is 0.257 e. The van der Waals surface area contributed by atoms with Crippen LogP contribution < -0.4 is 19.7 Å². The van der Waals surface area contributed by atoms with Gasteiger partial charge in [-0.25, -0.2) is 0 Å². The number of hydrogen-bond donors (Lipinski definition) is 1. The molecule has 0 aromatic heterocycles. The molecular weight excluding hydrogens is 434 g/mol. The van der Waals surface area contributed by atoms with E-state index in [-0.39, 0.29) is 17.7 Å². The minimum absolute atomic E-state index is 0.0261. The minimum Gasteiger partial charge on any atom is -0.497 e. The van der Waals surface area contributed by atoms with Gasteiger partial charge in [0.1, 0.15) is 17.2 Å². The van der Waals surface area contributed by atoms with E-state index in [2.05, 4.69) is 5.32 Å². The Balaban J connectivity index is 1.33. The van der Waals surface area contributed by atoms with Crippen LogP contribution in [0.2, 0.25) is 0 Å². The zero-order valence-corrected chi connectivity index (χ0v) is 19.9. The van der Waals surface area contributed by atoms with E-state index in [1.54, 1.807) is 30.1 Å². The maximum absolute atomic E-state index is 13.3. The molecule has 0 aliphatic carbocycles. The maximum atomic E-state index is 13.3. The van der Waals surface area contributed by atoms with Crippen LogP contribution in [0.15, 0.2) is 42.5 Å². The second-order valence-corrected chi connectivity index (χ2v) is 8.80. The van der Waals surface area contributed by atoms with Gasteiger partial charge in [0, 0.05) is 25.9 Å². The average molecular weight is 466 g/mol. The van der Waals surface area contributed by atoms with Crippen LogP contribution in [0.3, 0.4) is 0 Å². The zero-order valence-electron chi connectivity index (χ0n) is 19.9. The molecule has 2 aliphatic rings. The lowest BCUT2D eigenvalue weighted by Gasteiger charge is -2.48. The predicted octanol–water partition coefficient (Wildman–Crippen LogP) is 3.14. The van der Waals surface area contributed by atoms with Crippen molar-refractivity contribution in [2.24, 2.45) is 0 Å². The minimum atomic E-state index is -0.693. The Morgan fingerprint density at radius 3 is 2.68 bits per heavy atom. The number of anilines is 1. The fourth-order valence-corrected chi connectivity index (χ4v) is 4.94. The fraction of sp³-hybridized carbons (Fsp3) is 0.423. The molecule has 34 heavy (non-hydrogen) atoms. The van der Waals surface area contributed by atoms with Crippen molar-refractivity contribution < 1.29 is 23.9 Å². The van der Waals surface area contributed by atoms with Crippen LogP contribution in [0.1, 0.15) is 48.5 Å². The van der Waals surface area contributed by atoms with E-state index in [0.717, 1.165) is 17.1 Å². The summed E-state index contributed by atoms with van der Waals surface area (Å²) in [6, 6.07) is 12.8. The standard InChI is InChI=1S/C26H31N3O5/c1-26-14-12-24(31)29(26)21-8-5-4-7-20(21)25(32)28(26)16-6-9-23(30)27-15-13-18-17-19(33-2)10-11-22(18)34-3/h4-5,7-8,10-11,17H,6,9,12-16H2,1-3H3,(H,27,30). The highest BCUT2D eigenvalue weighted by molar-refractivity contribution is 6.10. The Labute approximate surface area is 199 Å². The lowest BCUT2D eigenvalue weighted by Crippen LogP contribution is -2.62. The van der Waals surface area contributed by atoms with Gasteiger partial charge in [-0.05, 0) is 62.1 Å². The molecule has 1 unspecified atom stereocenters.